The van der Waals surface area contributed by atoms with Crippen LogP contribution in [0.25, 0.3) is 0 Å². The van der Waals surface area contributed by atoms with Gasteiger partial charge in [-0.2, -0.15) is 0 Å². The Hall–Kier alpha value is -2.00. The van der Waals surface area contributed by atoms with Crippen LogP contribution in [0.2, 0.25) is 5.02 Å². The number of nitrogens with zero attached hydrogens (tertiary/aromatic N) is 1. The van der Waals surface area contributed by atoms with Gasteiger partial charge >= 0.3 is 0 Å². The third-order valence-corrected chi connectivity index (χ3v) is 3.69. The second kappa shape index (κ2) is 6.64. The van der Waals surface area contributed by atoms with Gasteiger partial charge in [0.05, 0.1) is 5.56 Å². The summed E-state index contributed by atoms with van der Waals surface area (Å²) in [5, 5.41) is 4.06. The highest BCUT2D eigenvalue weighted by atomic mass is 35.5. The summed E-state index contributed by atoms with van der Waals surface area (Å²) in [6.07, 6.45) is 0. The predicted molar refractivity (Wildman–Crippen MR) is 88.0 cm³/mol. The monoisotopic (exact) mass is 302 g/mol. The molecule has 0 saturated heterocycles. The zero-order valence-corrected chi connectivity index (χ0v) is 13.2. The van der Waals surface area contributed by atoms with Crippen molar-refractivity contribution in [3.63, 3.8) is 0 Å². The largest absolute Gasteiger partial charge is 0.380 e. The van der Waals surface area contributed by atoms with Gasteiger partial charge in [0.15, 0.2) is 0 Å². The van der Waals surface area contributed by atoms with E-state index in [0.717, 1.165) is 21.8 Å². The maximum absolute atomic E-state index is 12.1. The van der Waals surface area contributed by atoms with Gasteiger partial charge in [0.1, 0.15) is 0 Å². The molecule has 2 aromatic carbocycles. The van der Waals surface area contributed by atoms with E-state index in [1.54, 1.807) is 19.0 Å². The van der Waals surface area contributed by atoms with Gasteiger partial charge in [-0.1, -0.05) is 35.9 Å². The number of benzene rings is 2. The number of rotatable bonds is 4. The number of carbonyl (C=O) groups is 1. The first kappa shape index (κ1) is 15.4. The van der Waals surface area contributed by atoms with Gasteiger partial charge < -0.3 is 10.2 Å². The normalized spacial score (nSPS) is 10.3. The first-order chi connectivity index (χ1) is 9.99. The molecule has 0 fully saturated rings. The fourth-order valence-corrected chi connectivity index (χ4v) is 2.21. The smallest absolute Gasteiger partial charge is 0.255 e. The van der Waals surface area contributed by atoms with Crippen LogP contribution in [-0.4, -0.2) is 24.9 Å². The number of halogens is 1. The van der Waals surface area contributed by atoms with Crippen LogP contribution in [0, 0.1) is 6.92 Å². The summed E-state index contributed by atoms with van der Waals surface area (Å²) in [5.41, 5.74) is 3.63. The molecule has 0 atom stereocenters. The zero-order chi connectivity index (χ0) is 15.4. The van der Waals surface area contributed by atoms with Crippen LogP contribution in [0.5, 0.6) is 0 Å². The number of hydrogen-bond acceptors (Lipinski definition) is 2. The SMILES string of the molecule is Cc1ccc(CNc2ccccc2C(=O)N(C)C)cc1Cl. The number of hydrogen-bond donors (Lipinski definition) is 1. The Balaban J connectivity index is 2.16. The molecule has 0 heterocycles. The molecule has 4 heteroatoms. The molecule has 110 valence electrons. The Kier molecular flexibility index (Phi) is 4.86. The summed E-state index contributed by atoms with van der Waals surface area (Å²) >= 11 is 6.13. The summed E-state index contributed by atoms with van der Waals surface area (Å²) in [5.74, 6) is -0.0139. The van der Waals surface area contributed by atoms with Crippen molar-refractivity contribution >= 4 is 23.2 Å². The number of para-hydroxylation sites is 1. The molecule has 0 radical (unpaired) electrons. The molecule has 0 aliphatic carbocycles. The first-order valence-corrected chi connectivity index (χ1v) is 7.16. The fraction of sp³-hybridized carbons (Fsp3) is 0.235. The topological polar surface area (TPSA) is 32.3 Å². The minimum Gasteiger partial charge on any atom is -0.380 e. The van der Waals surface area contributed by atoms with Gasteiger partial charge in [0.25, 0.3) is 5.91 Å². The molecule has 0 aliphatic rings. The Bertz CT molecular complexity index is 653. The van der Waals surface area contributed by atoms with E-state index in [1.807, 2.05) is 49.4 Å². The lowest BCUT2D eigenvalue weighted by Gasteiger charge is -2.15. The van der Waals surface area contributed by atoms with E-state index in [4.69, 9.17) is 11.6 Å². The molecule has 21 heavy (non-hydrogen) atoms. The average molecular weight is 303 g/mol. The minimum absolute atomic E-state index is 0.0139. The van der Waals surface area contributed by atoms with Gasteiger partial charge in [-0.25, -0.2) is 0 Å². The Morgan fingerprint density at radius 2 is 1.90 bits per heavy atom. The van der Waals surface area contributed by atoms with E-state index in [2.05, 4.69) is 5.32 Å². The van der Waals surface area contributed by atoms with E-state index >= 15 is 0 Å². The Morgan fingerprint density at radius 3 is 2.57 bits per heavy atom. The number of amides is 1. The molecule has 0 aliphatic heterocycles. The molecule has 0 unspecified atom stereocenters. The highest BCUT2D eigenvalue weighted by Crippen LogP contribution is 2.20. The molecule has 0 bridgehead atoms. The van der Waals surface area contributed by atoms with E-state index in [1.165, 1.54) is 0 Å². The average Bonchev–Trinajstić information content (AvgIpc) is 2.48. The van der Waals surface area contributed by atoms with E-state index in [-0.39, 0.29) is 5.91 Å². The number of anilines is 1. The highest BCUT2D eigenvalue weighted by molar-refractivity contribution is 6.31. The lowest BCUT2D eigenvalue weighted by Crippen LogP contribution is -2.22. The van der Waals surface area contributed by atoms with Gasteiger partial charge in [0, 0.05) is 31.4 Å². The molecule has 2 aromatic rings. The molecule has 3 nitrogen and oxygen atoms in total. The lowest BCUT2D eigenvalue weighted by atomic mass is 10.1. The summed E-state index contributed by atoms with van der Waals surface area (Å²) in [6.45, 7) is 2.60. The van der Waals surface area contributed by atoms with Crippen molar-refractivity contribution in [2.24, 2.45) is 0 Å². The lowest BCUT2D eigenvalue weighted by molar-refractivity contribution is 0.0828. The van der Waals surface area contributed by atoms with Crippen LogP contribution >= 0.6 is 11.6 Å². The molecular weight excluding hydrogens is 284 g/mol. The summed E-state index contributed by atoms with van der Waals surface area (Å²) in [7, 11) is 3.50. The van der Waals surface area contributed by atoms with Crippen molar-refractivity contribution in [2.75, 3.05) is 19.4 Å². The molecule has 0 spiro atoms. The molecular formula is C17H19ClN2O. The van der Waals surface area contributed by atoms with Gasteiger partial charge in [-0.15, -0.1) is 0 Å². The molecule has 0 saturated carbocycles. The summed E-state index contributed by atoms with van der Waals surface area (Å²) < 4.78 is 0. The van der Waals surface area contributed by atoms with Crippen molar-refractivity contribution in [1.29, 1.82) is 0 Å². The highest BCUT2D eigenvalue weighted by Gasteiger charge is 2.12. The maximum Gasteiger partial charge on any atom is 0.255 e. The van der Waals surface area contributed by atoms with Crippen LogP contribution < -0.4 is 5.32 Å². The summed E-state index contributed by atoms with van der Waals surface area (Å²) in [4.78, 5) is 13.7. The Morgan fingerprint density at radius 1 is 1.19 bits per heavy atom. The third-order valence-electron chi connectivity index (χ3n) is 3.28. The molecule has 1 N–H and O–H groups in total. The van der Waals surface area contributed by atoms with Crippen molar-refractivity contribution in [1.82, 2.24) is 4.90 Å². The quantitative estimate of drug-likeness (QED) is 0.927. The van der Waals surface area contributed by atoms with Crippen LogP contribution in [0.15, 0.2) is 42.5 Å². The number of aryl methyl sites for hydroxylation is 1. The number of carbonyl (C=O) groups excluding carboxylic acids is 1. The van der Waals surface area contributed by atoms with Crippen molar-refractivity contribution in [2.45, 2.75) is 13.5 Å². The molecule has 2 rings (SSSR count). The van der Waals surface area contributed by atoms with E-state index in [0.29, 0.717) is 12.1 Å². The van der Waals surface area contributed by atoms with Crippen LogP contribution in [0.3, 0.4) is 0 Å². The van der Waals surface area contributed by atoms with Crippen molar-refractivity contribution in [3.05, 3.63) is 64.2 Å². The maximum atomic E-state index is 12.1. The zero-order valence-electron chi connectivity index (χ0n) is 12.5. The number of nitrogens with one attached hydrogen (secondary N) is 1. The molecule has 0 aromatic heterocycles. The van der Waals surface area contributed by atoms with Crippen molar-refractivity contribution < 1.29 is 4.79 Å². The predicted octanol–water partition coefficient (Wildman–Crippen LogP) is 3.96. The Labute approximate surface area is 130 Å². The standard InChI is InChI=1S/C17H19ClN2O/c1-12-8-9-13(10-15(12)18)11-19-16-7-5-4-6-14(16)17(21)20(2)3/h4-10,19H,11H2,1-3H3. The first-order valence-electron chi connectivity index (χ1n) is 6.78. The molecule has 1 amide bonds. The van der Waals surface area contributed by atoms with Gasteiger partial charge in [-0.05, 0) is 36.2 Å². The van der Waals surface area contributed by atoms with Gasteiger partial charge in [-0.3, -0.25) is 4.79 Å². The van der Waals surface area contributed by atoms with Crippen LogP contribution in [0.4, 0.5) is 5.69 Å². The van der Waals surface area contributed by atoms with E-state index < -0.39 is 0 Å². The van der Waals surface area contributed by atoms with E-state index in [9.17, 15) is 4.79 Å². The van der Waals surface area contributed by atoms with Crippen molar-refractivity contribution in [3.8, 4) is 0 Å². The third kappa shape index (κ3) is 3.76. The van der Waals surface area contributed by atoms with Gasteiger partial charge in [0.2, 0.25) is 0 Å². The van der Waals surface area contributed by atoms with Crippen LogP contribution in [-0.2, 0) is 6.54 Å². The van der Waals surface area contributed by atoms with Crippen LogP contribution in [0.1, 0.15) is 21.5 Å². The second-order valence-corrected chi connectivity index (χ2v) is 5.59. The minimum atomic E-state index is -0.0139. The fourth-order valence-electron chi connectivity index (χ4n) is 2.01. The summed E-state index contributed by atoms with van der Waals surface area (Å²) in [6, 6.07) is 13.5. The second-order valence-electron chi connectivity index (χ2n) is 5.18.